The van der Waals surface area contributed by atoms with E-state index < -0.39 is 6.10 Å². The van der Waals surface area contributed by atoms with Crippen LogP contribution in [0.1, 0.15) is 64.5 Å². The first kappa shape index (κ1) is 30.1. The molecule has 3 aromatic heterocycles. The summed E-state index contributed by atoms with van der Waals surface area (Å²) < 4.78 is 6.83. The van der Waals surface area contributed by atoms with Crippen LogP contribution in [0.5, 0.6) is 5.75 Å². The molecule has 2 amide bonds. The van der Waals surface area contributed by atoms with E-state index in [4.69, 9.17) is 9.72 Å². The van der Waals surface area contributed by atoms with Gasteiger partial charge in [-0.3, -0.25) is 24.6 Å². The number of aromatic amines is 1. The molecule has 2 aliphatic rings. The number of piperazine rings is 1. The standard InChI is InChI=1S/C34H38N8O3/c1-5-31(43)42-14-13-41(18-23(42)4)19-30(28-11-10-25(17-36-28)24-8-9-24)45-29-15-22(3)26(16-27(29)33-37-20-38-40-33)34(44)39-32-21(2)7-6-12-35-32/h5-7,10-12,15-17,20,23-24,30H,1,8-9,13-14,18-19H2,2-4H3,(H,35,39,44)(H,37,38,40)/t23-,30+/m1/s1. The predicted molar refractivity (Wildman–Crippen MR) is 171 cm³/mol. The number of pyridine rings is 2. The van der Waals surface area contributed by atoms with E-state index in [9.17, 15) is 9.59 Å². The van der Waals surface area contributed by atoms with E-state index in [2.05, 4.69) is 49.1 Å². The second-order valence-electron chi connectivity index (χ2n) is 11.9. The zero-order valence-electron chi connectivity index (χ0n) is 25.9. The Hall–Kier alpha value is -4.90. The quantitative estimate of drug-likeness (QED) is 0.245. The van der Waals surface area contributed by atoms with Gasteiger partial charge in [-0.1, -0.05) is 18.7 Å². The molecule has 0 unspecified atom stereocenters. The largest absolute Gasteiger partial charge is 0.482 e. The molecule has 11 nitrogen and oxygen atoms in total. The van der Waals surface area contributed by atoms with Crippen LogP contribution in [0.3, 0.4) is 0 Å². The zero-order valence-corrected chi connectivity index (χ0v) is 25.9. The lowest BCUT2D eigenvalue weighted by Crippen LogP contribution is -2.54. The summed E-state index contributed by atoms with van der Waals surface area (Å²) in [5, 5.41) is 9.91. The van der Waals surface area contributed by atoms with Crippen LogP contribution in [0.25, 0.3) is 11.4 Å². The number of nitrogens with zero attached hydrogens (tertiary/aromatic N) is 6. The molecule has 2 N–H and O–H groups in total. The number of anilines is 1. The highest BCUT2D eigenvalue weighted by Gasteiger charge is 2.30. The lowest BCUT2D eigenvalue weighted by Gasteiger charge is -2.40. The fourth-order valence-corrected chi connectivity index (χ4v) is 5.82. The third kappa shape index (κ3) is 6.78. The maximum atomic E-state index is 13.5. The highest BCUT2D eigenvalue weighted by Crippen LogP contribution is 2.40. The van der Waals surface area contributed by atoms with Crippen molar-refractivity contribution in [2.75, 3.05) is 31.5 Å². The minimum atomic E-state index is -0.427. The van der Waals surface area contributed by atoms with E-state index in [1.807, 2.05) is 50.1 Å². The number of ether oxygens (including phenoxy) is 1. The van der Waals surface area contributed by atoms with Crippen LogP contribution in [0.15, 0.2) is 67.8 Å². The molecule has 0 spiro atoms. The van der Waals surface area contributed by atoms with Gasteiger partial charge in [0, 0.05) is 50.2 Å². The van der Waals surface area contributed by atoms with Crippen LogP contribution in [-0.4, -0.2) is 79.0 Å². The number of rotatable bonds is 10. The van der Waals surface area contributed by atoms with Gasteiger partial charge in [0.1, 0.15) is 17.9 Å². The number of H-pyrrole nitrogens is 1. The SMILES string of the molecule is C=CC(=O)N1CCN(C[C@H](Oc2cc(C)c(C(=O)Nc3ncccc3C)cc2-c2ncn[nH]2)c2ccc(C3CC3)cn2)C[C@H]1C. The molecular formula is C34H38N8O3. The van der Waals surface area contributed by atoms with Crippen LogP contribution in [0.4, 0.5) is 5.82 Å². The Bertz CT molecular complexity index is 1680. The highest BCUT2D eigenvalue weighted by atomic mass is 16.5. The summed E-state index contributed by atoms with van der Waals surface area (Å²) in [6, 6.07) is 11.6. The van der Waals surface area contributed by atoms with E-state index in [1.54, 1.807) is 12.3 Å². The van der Waals surface area contributed by atoms with E-state index >= 15 is 0 Å². The van der Waals surface area contributed by atoms with E-state index in [0.717, 1.165) is 16.8 Å². The van der Waals surface area contributed by atoms with Crippen LogP contribution < -0.4 is 10.1 Å². The van der Waals surface area contributed by atoms with Crippen molar-refractivity contribution in [3.63, 3.8) is 0 Å². The summed E-state index contributed by atoms with van der Waals surface area (Å²) in [6.45, 7) is 12.0. The Labute approximate surface area is 262 Å². The van der Waals surface area contributed by atoms with E-state index in [-0.39, 0.29) is 17.9 Å². The molecule has 6 rings (SSSR count). The minimum Gasteiger partial charge on any atom is -0.482 e. The van der Waals surface area contributed by atoms with Gasteiger partial charge in [-0.05, 0) is 86.6 Å². The first-order valence-electron chi connectivity index (χ1n) is 15.3. The second-order valence-corrected chi connectivity index (χ2v) is 11.9. The Balaban J connectivity index is 1.31. The van der Waals surface area contributed by atoms with Crippen LogP contribution >= 0.6 is 0 Å². The maximum absolute atomic E-state index is 13.5. The normalized spacial score (nSPS) is 17.5. The van der Waals surface area contributed by atoms with Crippen LogP contribution in [0, 0.1) is 13.8 Å². The van der Waals surface area contributed by atoms with Gasteiger partial charge in [0.2, 0.25) is 5.91 Å². The van der Waals surface area contributed by atoms with Gasteiger partial charge in [-0.2, -0.15) is 5.10 Å². The number of aryl methyl sites for hydroxylation is 2. The number of hydrogen-bond acceptors (Lipinski definition) is 8. The monoisotopic (exact) mass is 606 g/mol. The van der Waals surface area contributed by atoms with Crippen molar-refractivity contribution in [3.8, 4) is 17.1 Å². The molecule has 4 heterocycles. The van der Waals surface area contributed by atoms with Gasteiger partial charge < -0.3 is 15.0 Å². The second kappa shape index (κ2) is 13.0. The number of hydrogen-bond donors (Lipinski definition) is 2. The molecule has 1 saturated heterocycles. The third-order valence-corrected chi connectivity index (χ3v) is 8.53. The Morgan fingerprint density at radius 1 is 1.13 bits per heavy atom. The molecule has 2 fully saturated rings. The molecule has 1 saturated carbocycles. The van der Waals surface area contributed by atoms with Gasteiger partial charge in [0.05, 0.1) is 11.3 Å². The van der Waals surface area contributed by atoms with Gasteiger partial charge in [0.15, 0.2) is 11.9 Å². The molecule has 11 heteroatoms. The number of aromatic nitrogens is 5. The number of nitrogens with one attached hydrogen (secondary N) is 2. The van der Waals surface area contributed by atoms with Gasteiger partial charge >= 0.3 is 0 Å². The van der Waals surface area contributed by atoms with Crippen molar-refractivity contribution in [1.82, 2.24) is 34.9 Å². The van der Waals surface area contributed by atoms with Crippen molar-refractivity contribution >= 4 is 17.6 Å². The van der Waals surface area contributed by atoms with Crippen molar-refractivity contribution in [1.29, 1.82) is 0 Å². The number of amides is 2. The van der Waals surface area contributed by atoms with Crippen molar-refractivity contribution < 1.29 is 14.3 Å². The molecule has 0 radical (unpaired) electrons. The molecule has 1 aliphatic heterocycles. The molecule has 45 heavy (non-hydrogen) atoms. The summed E-state index contributed by atoms with van der Waals surface area (Å²) in [5.74, 6) is 1.80. The van der Waals surface area contributed by atoms with E-state index in [1.165, 1.54) is 30.8 Å². The maximum Gasteiger partial charge on any atom is 0.257 e. The molecular weight excluding hydrogens is 568 g/mol. The highest BCUT2D eigenvalue weighted by molar-refractivity contribution is 6.06. The lowest BCUT2D eigenvalue weighted by molar-refractivity contribution is -0.130. The fourth-order valence-electron chi connectivity index (χ4n) is 5.82. The first-order chi connectivity index (χ1) is 21.8. The Kier molecular flexibility index (Phi) is 8.70. The van der Waals surface area contributed by atoms with Gasteiger partial charge in [0.25, 0.3) is 5.91 Å². The van der Waals surface area contributed by atoms with Crippen molar-refractivity contribution in [2.24, 2.45) is 0 Å². The first-order valence-corrected chi connectivity index (χ1v) is 15.3. The number of carbonyl (C=O) groups excluding carboxylic acids is 2. The molecule has 0 bridgehead atoms. The molecule has 232 valence electrons. The topological polar surface area (TPSA) is 129 Å². The molecule has 1 aliphatic carbocycles. The molecule has 4 aromatic rings. The smallest absolute Gasteiger partial charge is 0.257 e. The summed E-state index contributed by atoms with van der Waals surface area (Å²) in [5.41, 5.74) is 4.74. The van der Waals surface area contributed by atoms with Gasteiger partial charge in [-0.25, -0.2) is 9.97 Å². The third-order valence-electron chi connectivity index (χ3n) is 8.53. The average Bonchev–Trinajstić information content (AvgIpc) is 3.75. The molecule has 1 aromatic carbocycles. The van der Waals surface area contributed by atoms with Crippen molar-refractivity contribution in [2.45, 2.75) is 51.7 Å². The lowest BCUT2D eigenvalue weighted by atomic mass is 10.0. The summed E-state index contributed by atoms with van der Waals surface area (Å²) in [4.78, 5) is 43.5. The number of carbonyl (C=O) groups is 2. The van der Waals surface area contributed by atoms with Gasteiger partial charge in [-0.15, -0.1) is 0 Å². The Morgan fingerprint density at radius 3 is 2.64 bits per heavy atom. The summed E-state index contributed by atoms with van der Waals surface area (Å²) >= 11 is 0. The summed E-state index contributed by atoms with van der Waals surface area (Å²) in [6.07, 6.45) is 8.38. The van der Waals surface area contributed by atoms with E-state index in [0.29, 0.717) is 60.6 Å². The molecule has 2 atom stereocenters. The fraction of sp³-hybridized carbons (Fsp3) is 0.353. The number of benzene rings is 1. The summed E-state index contributed by atoms with van der Waals surface area (Å²) in [7, 11) is 0. The average molecular weight is 607 g/mol. The zero-order chi connectivity index (χ0) is 31.5. The van der Waals surface area contributed by atoms with Crippen LogP contribution in [-0.2, 0) is 4.79 Å². The Morgan fingerprint density at radius 2 is 1.98 bits per heavy atom. The van der Waals surface area contributed by atoms with Crippen molar-refractivity contribution in [3.05, 3.63) is 95.7 Å². The minimum absolute atomic E-state index is 0.0302. The van der Waals surface area contributed by atoms with Crippen LogP contribution in [0.2, 0.25) is 0 Å². The predicted octanol–water partition coefficient (Wildman–Crippen LogP) is 4.85.